The first-order valence-electron chi connectivity index (χ1n) is 9.44. The van der Waals surface area contributed by atoms with Gasteiger partial charge >= 0.3 is 5.97 Å². The first-order valence-corrected chi connectivity index (χ1v) is 9.44. The number of ether oxygens (including phenoxy) is 2. The molecule has 1 unspecified atom stereocenters. The molecule has 7 heteroatoms. The molecule has 1 heterocycles. The van der Waals surface area contributed by atoms with Crippen LogP contribution in [-0.4, -0.2) is 40.8 Å². The number of benzene rings is 2. The number of aryl methyl sites for hydroxylation is 1. The lowest BCUT2D eigenvalue weighted by molar-refractivity contribution is -0.142. The Morgan fingerprint density at radius 2 is 2.00 bits per heavy atom. The van der Waals surface area contributed by atoms with Gasteiger partial charge in [0.05, 0.1) is 13.5 Å². The Morgan fingerprint density at radius 1 is 1.28 bits per heavy atom. The van der Waals surface area contributed by atoms with Crippen molar-refractivity contribution in [1.29, 1.82) is 0 Å². The fourth-order valence-electron chi connectivity index (χ4n) is 3.52. The number of aromatic hydroxyl groups is 1. The second-order valence-corrected chi connectivity index (χ2v) is 7.51. The topological polar surface area (TPSA) is 105 Å². The Labute approximate surface area is 169 Å². The van der Waals surface area contributed by atoms with Gasteiger partial charge in [-0.25, -0.2) is 4.79 Å². The van der Waals surface area contributed by atoms with Gasteiger partial charge in [0, 0.05) is 12.5 Å². The van der Waals surface area contributed by atoms with E-state index in [9.17, 15) is 19.8 Å². The van der Waals surface area contributed by atoms with Gasteiger partial charge in [0.15, 0.2) is 11.5 Å². The Hall–Kier alpha value is -3.22. The molecule has 1 aliphatic rings. The van der Waals surface area contributed by atoms with Gasteiger partial charge in [-0.2, -0.15) is 0 Å². The molecule has 2 atom stereocenters. The highest BCUT2D eigenvalue weighted by molar-refractivity contribution is 5.84. The normalized spacial score (nSPS) is 18.8. The molecule has 0 spiro atoms. The van der Waals surface area contributed by atoms with Gasteiger partial charge in [-0.1, -0.05) is 30.3 Å². The number of carbonyl (C=O) groups is 2. The van der Waals surface area contributed by atoms with Gasteiger partial charge in [0.25, 0.3) is 0 Å². The molecule has 7 nitrogen and oxygen atoms in total. The summed E-state index contributed by atoms with van der Waals surface area (Å²) in [5.41, 5.74) is 0.893. The number of phenols is 1. The fourth-order valence-corrected chi connectivity index (χ4v) is 3.52. The highest BCUT2D eigenvalue weighted by Gasteiger charge is 2.35. The van der Waals surface area contributed by atoms with Crippen molar-refractivity contribution < 1.29 is 29.3 Å². The third-order valence-electron chi connectivity index (χ3n) is 5.09. The molecule has 0 aliphatic carbocycles. The van der Waals surface area contributed by atoms with Gasteiger partial charge < -0.3 is 25.0 Å². The van der Waals surface area contributed by atoms with Crippen LogP contribution in [0.15, 0.2) is 42.5 Å². The standard InChI is InChI=1S/C22H25NO6/c1-22(9-8-15-11-17(24)19(28-2)12-18(15)29-22)13-20(25)23-16(21(26)27)10-14-6-4-3-5-7-14/h3-7,11-12,16,24H,8-10,13H2,1-2H3,(H,23,25)(H,26,27)/t16-,22?/m0/s1. The predicted molar refractivity (Wildman–Crippen MR) is 106 cm³/mol. The maximum absolute atomic E-state index is 12.6. The predicted octanol–water partition coefficient (Wildman–Crippen LogP) is 2.69. The maximum atomic E-state index is 12.6. The van der Waals surface area contributed by atoms with Crippen LogP contribution in [0.4, 0.5) is 0 Å². The summed E-state index contributed by atoms with van der Waals surface area (Å²) in [5.74, 6) is -0.569. The molecule has 0 radical (unpaired) electrons. The van der Waals surface area contributed by atoms with Crippen molar-refractivity contribution >= 4 is 11.9 Å². The average molecular weight is 399 g/mol. The van der Waals surface area contributed by atoms with Crippen molar-refractivity contribution in [3.05, 3.63) is 53.6 Å². The van der Waals surface area contributed by atoms with E-state index >= 15 is 0 Å². The number of nitrogens with one attached hydrogen (secondary N) is 1. The number of aliphatic carboxylic acids is 1. The molecular formula is C22H25NO6. The quantitative estimate of drug-likeness (QED) is 0.661. The lowest BCUT2D eigenvalue weighted by Crippen LogP contribution is -2.47. The van der Waals surface area contributed by atoms with Gasteiger partial charge in [0.2, 0.25) is 5.91 Å². The van der Waals surface area contributed by atoms with Gasteiger partial charge in [-0.3, -0.25) is 4.79 Å². The number of hydrogen-bond acceptors (Lipinski definition) is 5. The van der Waals surface area contributed by atoms with Crippen LogP contribution in [-0.2, 0) is 22.4 Å². The van der Waals surface area contributed by atoms with E-state index in [4.69, 9.17) is 9.47 Å². The van der Waals surface area contributed by atoms with E-state index in [1.165, 1.54) is 7.11 Å². The molecule has 0 aromatic heterocycles. The second kappa shape index (κ2) is 8.43. The molecular weight excluding hydrogens is 374 g/mol. The smallest absolute Gasteiger partial charge is 0.326 e. The van der Waals surface area contributed by atoms with Crippen molar-refractivity contribution in [3.63, 3.8) is 0 Å². The Kier molecular flexibility index (Phi) is 5.96. The summed E-state index contributed by atoms with van der Waals surface area (Å²) in [4.78, 5) is 24.2. The maximum Gasteiger partial charge on any atom is 0.326 e. The molecule has 1 aliphatic heterocycles. The number of phenolic OH excluding ortho intramolecular Hbond substituents is 1. The highest BCUT2D eigenvalue weighted by atomic mass is 16.5. The van der Waals surface area contributed by atoms with E-state index in [1.807, 2.05) is 37.3 Å². The number of hydrogen-bond donors (Lipinski definition) is 3. The summed E-state index contributed by atoms with van der Waals surface area (Å²) < 4.78 is 11.2. The van der Waals surface area contributed by atoms with Crippen molar-refractivity contribution in [2.24, 2.45) is 0 Å². The minimum absolute atomic E-state index is 0.0220. The summed E-state index contributed by atoms with van der Waals surface area (Å²) >= 11 is 0. The van der Waals surface area contributed by atoms with Crippen LogP contribution >= 0.6 is 0 Å². The van der Waals surface area contributed by atoms with Crippen molar-refractivity contribution in [2.45, 2.75) is 44.2 Å². The Morgan fingerprint density at radius 3 is 2.66 bits per heavy atom. The zero-order valence-electron chi connectivity index (χ0n) is 16.5. The zero-order chi connectivity index (χ0) is 21.0. The van der Waals surface area contributed by atoms with Crippen LogP contribution in [0.5, 0.6) is 17.2 Å². The van der Waals surface area contributed by atoms with Gasteiger partial charge in [-0.15, -0.1) is 0 Å². The monoisotopic (exact) mass is 399 g/mol. The highest BCUT2D eigenvalue weighted by Crippen LogP contribution is 2.41. The molecule has 3 N–H and O–H groups in total. The van der Waals surface area contributed by atoms with Gasteiger partial charge in [-0.05, 0) is 37.0 Å². The molecule has 0 saturated heterocycles. The van der Waals surface area contributed by atoms with Crippen LogP contribution in [0.2, 0.25) is 0 Å². The summed E-state index contributed by atoms with van der Waals surface area (Å²) in [7, 11) is 1.45. The van der Waals surface area contributed by atoms with Crippen molar-refractivity contribution in [3.8, 4) is 17.2 Å². The molecule has 1 amide bonds. The molecule has 29 heavy (non-hydrogen) atoms. The molecule has 2 aromatic rings. The van der Waals surface area contributed by atoms with E-state index in [0.717, 1.165) is 11.1 Å². The SMILES string of the molecule is COc1cc2c(cc1O)CCC(C)(CC(=O)N[C@@H](Cc1ccccc1)C(=O)O)O2. The molecule has 2 aromatic carbocycles. The number of carboxylic acids is 1. The lowest BCUT2D eigenvalue weighted by atomic mass is 9.89. The van der Waals surface area contributed by atoms with Gasteiger partial charge in [0.1, 0.15) is 17.4 Å². The van der Waals surface area contributed by atoms with Crippen LogP contribution in [0.25, 0.3) is 0 Å². The van der Waals surface area contributed by atoms with Crippen LogP contribution in [0.3, 0.4) is 0 Å². The number of rotatable bonds is 7. The minimum Gasteiger partial charge on any atom is -0.504 e. The number of fused-ring (bicyclic) bond motifs is 1. The molecule has 0 saturated carbocycles. The third kappa shape index (κ3) is 4.99. The average Bonchev–Trinajstić information content (AvgIpc) is 2.67. The minimum atomic E-state index is -1.08. The summed E-state index contributed by atoms with van der Waals surface area (Å²) in [6, 6.07) is 11.4. The van der Waals surface area contributed by atoms with Crippen LogP contribution in [0.1, 0.15) is 30.9 Å². The molecule has 0 fully saturated rings. The first-order chi connectivity index (χ1) is 13.8. The zero-order valence-corrected chi connectivity index (χ0v) is 16.5. The summed E-state index contributed by atoms with van der Waals surface area (Å²) in [5, 5.41) is 22.0. The fraction of sp³-hybridized carbons (Fsp3) is 0.364. The lowest BCUT2D eigenvalue weighted by Gasteiger charge is -2.35. The Balaban J connectivity index is 1.67. The van der Waals surface area contributed by atoms with Crippen LogP contribution < -0.4 is 14.8 Å². The van der Waals surface area contributed by atoms with Crippen molar-refractivity contribution in [2.75, 3.05) is 7.11 Å². The first kappa shape index (κ1) is 20.5. The summed E-state index contributed by atoms with van der Waals surface area (Å²) in [6.07, 6.45) is 1.42. The number of amides is 1. The Bertz CT molecular complexity index is 898. The van der Waals surface area contributed by atoms with E-state index < -0.39 is 17.6 Å². The third-order valence-corrected chi connectivity index (χ3v) is 5.09. The summed E-state index contributed by atoms with van der Waals surface area (Å²) in [6.45, 7) is 1.82. The number of carbonyl (C=O) groups excluding carboxylic acids is 1. The largest absolute Gasteiger partial charge is 0.504 e. The molecule has 0 bridgehead atoms. The van der Waals surface area contributed by atoms with E-state index in [-0.39, 0.29) is 24.5 Å². The van der Waals surface area contributed by atoms with E-state index in [1.54, 1.807) is 12.1 Å². The van der Waals surface area contributed by atoms with Crippen molar-refractivity contribution in [1.82, 2.24) is 5.32 Å². The number of carboxylic acid groups (broad SMARTS) is 1. The molecule has 154 valence electrons. The van der Waals surface area contributed by atoms with Crippen LogP contribution in [0, 0.1) is 0 Å². The molecule has 3 rings (SSSR count). The second-order valence-electron chi connectivity index (χ2n) is 7.51. The van der Waals surface area contributed by atoms with E-state index in [0.29, 0.717) is 24.3 Å². The van der Waals surface area contributed by atoms with E-state index in [2.05, 4.69) is 5.32 Å². The number of methoxy groups -OCH3 is 1.